The van der Waals surface area contributed by atoms with Gasteiger partial charge in [-0.2, -0.15) is 0 Å². The van der Waals surface area contributed by atoms with E-state index in [4.69, 9.17) is 25.8 Å². The molecule has 0 saturated carbocycles. The average molecular weight is 639 g/mol. The van der Waals surface area contributed by atoms with Crippen molar-refractivity contribution in [3.8, 4) is 5.75 Å². The van der Waals surface area contributed by atoms with Gasteiger partial charge in [-0.05, 0) is 35.6 Å². The van der Waals surface area contributed by atoms with Crippen LogP contribution in [-0.4, -0.2) is 55.7 Å². The normalized spacial score (nSPS) is 23.5. The molecule has 0 spiro atoms. The van der Waals surface area contributed by atoms with E-state index in [2.05, 4.69) is 10.6 Å². The van der Waals surface area contributed by atoms with Crippen LogP contribution in [0.5, 0.6) is 5.75 Å². The Morgan fingerprint density at radius 3 is 2.42 bits per heavy atom. The van der Waals surface area contributed by atoms with Gasteiger partial charge in [0.2, 0.25) is 5.91 Å². The van der Waals surface area contributed by atoms with Crippen molar-refractivity contribution in [2.45, 2.75) is 65.2 Å². The predicted molar refractivity (Wildman–Crippen MR) is 173 cm³/mol. The first kappa shape index (κ1) is 35.4. The van der Waals surface area contributed by atoms with Gasteiger partial charge in [-0.15, -0.1) is 0 Å². The van der Waals surface area contributed by atoms with Crippen molar-refractivity contribution < 1.29 is 33.4 Å². The lowest BCUT2D eigenvalue weighted by Crippen LogP contribution is -2.52. The van der Waals surface area contributed by atoms with E-state index in [0.717, 1.165) is 5.56 Å². The van der Waals surface area contributed by atoms with Crippen molar-refractivity contribution >= 4 is 41.4 Å². The molecule has 0 saturated heterocycles. The number of rotatable bonds is 8. The topological polar surface area (TPSA) is 120 Å². The van der Waals surface area contributed by atoms with Gasteiger partial charge in [-0.3, -0.25) is 14.4 Å². The highest BCUT2D eigenvalue weighted by Crippen LogP contribution is 2.26. The highest BCUT2D eigenvalue weighted by molar-refractivity contribution is 6.32. The fourth-order valence-electron chi connectivity index (χ4n) is 4.71. The zero-order valence-corrected chi connectivity index (χ0v) is 27.2. The monoisotopic (exact) mass is 638 g/mol. The van der Waals surface area contributed by atoms with Crippen LogP contribution in [0.15, 0.2) is 66.8 Å². The van der Waals surface area contributed by atoms with Gasteiger partial charge in [0, 0.05) is 31.4 Å². The fraction of sp³-hybridized carbons (Fsp3) is 0.429. The van der Waals surface area contributed by atoms with E-state index in [-0.39, 0.29) is 37.6 Å². The average Bonchev–Trinajstić information content (AvgIpc) is 3.01. The summed E-state index contributed by atoms with van der Waals surface area (Å²) >= 11 is 6.30. The Hall–Kier alpha value is -4.11. The maximum absolute atomic E-state index is 13.4. The third-order valence-electron chi connectivity index (χ3n) is 7.38. The summed E-state index contributed by atoms with van der Waals surface area (Å²) in [5, 5.41) is 5.88. The number of amides is 2. The number of hydrogen-bond acceptors (Lipinski definition) is 7. The van der Waals surface area contributed by atoms with Gasteiger partial charge in [-0.1, -0.05) is 93.9 Å². The van der Waals surface area contributed by atoms with Crippen LogP contribution < -0.4 is 15.4 Å². The highest BCUT2D eigenvalue weighted by Gasteiger charge is 2.30. The SMILES string of the molecule is COc1ccc(CC2NC(=O)[C@H](CC(C)C)OC(=O)/C=C/C[C@@H]([C@H](C)/C=C/c3ccccc3)OC(=O)[C@H](C)CNC2=O)cc1Cl. The standard InChI is InChI=1S/C35H43ClN2O7/c1-22(2)18-31-34(41)38-28(20-26-16-17-30(43-5)27(36)19-26)33(40)37-21-24(4)35(42)45-29(12-9-13-32(39)44-31)23(3)14-15-25-10-7-6-8-11-25/h6-11,13-17,19,22-24,28-29,31H,12,18,20-21H2,1-5H3,(H,37,40)(H,38,41)/b13-9+,15-14+/t23-,24-,28?,29+,31+/m1/s1. The minimum absolute atomic E-state index is 0.00535. The Balaban J connectivity index is 1.88. The number of esters is 2. The number of carbonyl (C=O) groups is 4. The van der Waals surface area contributed by atoms with Crippen molar-refractivity contribution in [2.75, 3.05) is 13.7 Å². The Labute approximate surface area is 270 Å². The Morgan fingerprint density at radius 2 is 1.76 bits per heavy atom. The molecule has 0 aromatic heterocycles. The number of benzene rings is 2. The summed E-state index contributed by atoms with van der Waals surface area (Å²) in [7, 11) is 1.50. The zero-order valence-electron chi connectivity index (χ0n) is 26.5. The summed E-state index contributed by atoms with van der Waals surface area (Å²) in [6, 6.07) is 13.8. The Morgan fingerprint density at radius 1 is 1.02 bits per heavy atom. The Bertz CT molecular complexity index is 1380. The van der Waals surface area contributed by atoms with E-state index >= 15 is 0 Å². The van der Waals surface area contributed by atoms with Crippen LogP contribution in [0.3, 0.4) is 0 Å². The molecule has 0 bridgehead atoms. The molecule has 2 N–H and O–H groups in total. The van der Waals surface area contributed by atoms with Crippen LogP contribution in [0.4, 0.5) is 0 Å². The smallest absolute Gasteiger partial charge is 0.331 e. The van der Waals surface area contributed by atoms with E-state index in [1.807, 2.05) is 63.3 Å². The summed E-state index contributed by atoms with van der Waals surface area (Å²) in [4.78, 5) is 52.8. The van der Waals surface area contributed by atoms with E-state index in [1.54, 1.807) is 31.2 Å². The van der Waals surface area contributed by atoms with Crippen LogP contribution >= 0.6 is 11.6 Å². The van der Waals surface area contributed by atoms with Gasteiger partial charge in [-0.25, -0.2) is 4.79 Å². The van der Waals surface area contributed by atoms with E-state index in [1.165, 1.54) is 13.2 Å². The van der Waals surface area contributed by atoms with Crippen LogP contribution in [0.2, 0.25) is 5.02 Å². The number of halogens is 1. The van der Waals surface area contributed by atoms with Gasteiger partial charge >= 0.3 is 11.9 Å². The summed E-state index contributed by atoms with van der Waals surface area (Å²) in [5.74, 6) is -2.69. The predicted octanol–water partition coefficient (Wildman–Crippen LogP) is 5.31. The van der Waals surface area contributed by atoms with Gasteiger partial charge < -0.3 is 24.8 Å². The van der Waals surface area contributed by atoms with Crippen molar-refractivity contribution in [3.05, 3.63) is 82.9 Å². The second-order valence-electron chi connectivity index (χ2n) is 11.7. The molecule has 242 valence electrons. The molecule has 1 unspecified atom stereocenters. The quantitative estimate of drug-likeness (QED) is 0.376. The molecule has 2 aromatic rings. The van der Waals surface area contributed by atoms with E-state index in [0.29, 0.717) is 16.3 Å². The van der Waals surface area contributed by atoms with Gasteiger partial charge in [0.25, 0.3) is 5.91 Å². The largest absolute Gasteiger partial charge is 0.495 e. The minimum Gasteiger partial charge on any atom is -0.495 e. The van der Waals surface area contributed by atoms with Crippen molar-refractivity contribution in [1.82, 2.24) is 10.6 Å². The maximum Gasteiger partial charge on any atom is 0.331 e. The third kappa shape index (κ3) is 11.4. The molecule has 9 nitrogen and oxygen atoms in total. The first-order valence-electron chi connectivity index (χ1n) is 15.2. The molecule has 0 fully saturated rings. The molecule has 3 rings (SSSR count). The number of carbonyl (C=O) groups excluding carboxylic acids is 4. The first-order chi connectivity index (χ1) is 21.5. The summed E-state index contributed by atoms with van der Waals surface area (Å²) in [6.45, 7) is 7.40. The molecular weight excluding hydrogens is 596 g/mol. The number of hydrogen-bond donors (Lipinski definition) is 2. The zero-order chi connectivity index (χ0) is 32.9. The third-order valence-corrected chi connectivity index (χ3v) is 7.67. The summed E-state index contributed by atoms with van der Waals surface area (Å²) in [6.07, 6.45) is 5.61. The number of cyclic esters (lactones) is 2. The first-order valence-corrected chi connectivity index (χ1v) is 15.6. The number of methoxy groups -OCH3 is 1. The second-order valence-corrected chi connectivity index (χ2v) is 12.1. The number of ether oxygens (including phenoxy) is 3. The van der Waals surface area contributed by atoms with Gasteiger partial charge in [0.15, 0.2) is 6.10 Å². The molecule has 1 heterocycles. The maximum atomic E-state index is 13.4. The summed E-state index contributed by atoms with van der Waals surface area (Å²) < 4.78 is 16.7. The lowest BCUT2D eigenvalue weighted by atomic mass is 9.99. The Kier molecular flexibility index (Phi) is 13.7. The van der Waals surface area contributed by atoms with Gasteiger partial charge in [0.05, 0.1) is 18.1 Å². The minimum atomic E-state index is -1.12. The second kappa shape index (κ2) is 17.4. The van der Waals surface area contributed by atoms with Crippen molar-refractivity contribution in [3.63, 3.8) is 0 Å². The van der Waals surface area contributed by atoms with Crippen molar-refractivity contribution in [2.24, 2.45) is 17.8 Å². The molecule has 1 aliphatic rings. The van der Waals surface area contributed by atoms with Crippen LogP contribution in [-0.2, 0) is 35.1 Å². The van der Waals surface area contributed by atoms with Crippen LogP contribution in [0.25, 0.3) is 6.08 Å². The number of nitrogens with one attached hydrogen (secondary N) is 2. The van der Waals surface area contributed by atoms with Gasteiger partial charge in [0.1, 0.15) is 17.9 Å². The molecule has 2 amide bonds. The van der Waals surface area contributed by atoms with Crippen LogP contribution in [0, 0.1) is 17.8 Å². The van der Waals surface area contributed by atoms with Crippen molar-refractivity contribution in [1.29, 1.82) is 0 Å². The molecular formula is C35H43ClN2O7. The molecule has 5 atom stereocenters. The molecule has 45 heavy (non-hydrogen) atoms. The molecule has 2 aromatic carbocycles. The fourth-order valence-corrected chi connectivity index (χ4v) is 4.99. The highest BCUT2D eigenvalue weighted by atomic mass is 35.5. The molecule has 0 aliphatic carbocycles. The lowest BCUT2D eigenvalue weighted by Gasteiger charge is -2.25. The molecule has 10 heteroatoms. The molecule has 0 radical (unpaired) electrons. The van der Waals surface area contributed by atoms with E-state index < -0.39 is 47.9 Å². The summed E-state index contributed by atoms with van der Waals surface area (Å²) in [5.41, 5.74) is 1.67. The molecule has 1 aliphatic heterocycles. The lowest BCUT2D eigenvalue weighted by molar-refractivity contribution is -0.155. The van der Waals surface area contributed by atoms with Crippen LogP contribution in [0.1, 0.15) is 51.7 Å². The van der Waals surface area contributed by atoms with E-state index in [9.17, 15) is 19.2 Å².